The van der Waals surface area contributed by atoms with Crippen molar-refractivity contribution in [1.82, 2.24) is 10.2 Å². The van der Waals surface area contributed by atoms with Crippen LogP contribution in [0.3, 0.4) is 0 Å². The summed E-state index contributed by atoms with van der Waals surface area (Å²) < 4.78 is 0. The minimum absolute atomic E-state index is 0.803. The highest BCUT2D eigenvalue weighted by atomic mass is 15.2. The first-order valence-corrected chi connectivity index (χ1v) is 6.90. The zero-order valence-corrected chi connectivity index (χ0v) is 9.91. The molecule has 0 aromatic carbocycles. The predicted octanol–water partition coefficient (Wildman–Crippen LogP) is 2.14. The molecular formula is C13H24N2. The van der Waals surface area contributed by atoms with Crippen molar-refractivity contribution in [3.05, 3.63) is 0 Å². The van der Waals surface area contributed by atoms with E-state index >= 15 is 0 Å². The summed E-state index contributed by atoms with van der Waals surface area (Å²) in [5.74, 6) is 0. The molecule has 15 heavy (non-hydrogen) atoms. The fraction of sp³-hybridized carbons (Fsp3) is 1.00. The summed E-state index contributed by atoms with van der Waals surface area (Å²) >= 11 is 0. The average molecular weight is 208 g/mol. The molecule has 3 fully saturated rings. The van der Waals surface area contributed by atoms with Crippen LogP contribution in [0.2, 0.25) is 0 Å². The zero-order chi connectivity index (χ0) is 10.3. The molecule has 2 atom stereocenters. The molecule has 0 bridgehead atoms. The molecule has 0 aromatic heterocycles. The first kappa shape index (κ1) is 10.1. The van der Waals surface area contributed by atoms with E-state index in [0.29, 0.717) is 0 Å². The second kappa shape index (κ2) is 4.06. The van der Waals surface area contributed by atoms with E-state index in [1.807, 2.05) is 0 Å². The van der Waals surface area contributed by atoms with E-state index in [1.54, 1.807) is 0 Å². The van der Waals surface area contributed by atoms with Crippen molar-refractivity contribution in [3.63, 3.8) is 0 Å². The van der Waals surface area contributed by atoms with Crippen LogP contribution >= 0.6 is 0 Å². The smallest absolute Gasteiger partial charge is 0.0249 e. The molecule has 2 aliphatic carbocycles. The molecule has 2 unspecified atom stereocenters. The van der Waals surface area contributed by atoms with Crippen LogP contribution in [-0.2, 0) is 0 Å². The van der Waals surface area contributed by atoms with Crippen LogP contribution in [0.4, 0.5) is 0 Å². The molecule has 0 radical (unpaired) electrons. The second-order valence-electron chi connectivity index (χ2n) is 5.63. The zero-order valence-electron chi connectivity index (χ0n) is 9.91. The van der Waals surface area contributed by atoms with Gasteiger partial charge in [0, 0.05) is 24.2 Å². The number of likely N-dealkylation sites (tertiary alicyclic amines) is 1. The molecule has 1 heterocycles. The molecule has 86 valence electrons. The molecule has 2 heteroatoms. The first-order chi connectivity index (χ1) is 7.38. The Labute approximate surface area is 93.4 Å². The highest BCUT2D eigenvalue weighted by Gasteiger charge is 2.40. The third-order valence-electron chi connectivity index (χ3n) is 4.28. The summed E-state index contributed by atoms with van der Waals surface area (Å²) in [6, 6.07) is 3.48. The summed E-state index contributed by atoms with van der Waals surface area (Å²) in [7, 11) is 0. The van der Waals surface area contributed by atoms with Gasteiger partial charge in [0.15, 0.2) is 0 Å². The largest absolute Gasteiger partial charge is 0.310 e. The standard InChI is InChI=1S/C13H24N2/c1-2-13-12(14-10-5-6-10)4-3-9-15(13)11-7-8-11/h10-14H,2-9H2,1H3. The van der Waals surface area contributed by atoms with Crippen molar-refractivity contribution in [3.8, 4) is 0 Å². The van der Waals surface area contributed by atoms with Gasteiger partial charge in [0.2, 0.25) is 0 Å². The minimum atomic E-state index is 0.803. The van der Waals surface area contributed by atoms with Crippen LogP contribution in [-0.4, -0.2) is 35.6 Å². The lowest BCUT2D eigenvalue weighted by Crippen LogP contribution is -2.54. The molecule has 0 spiro atoms. The Hall–Kier alpha value is -0.0800. The minimum Gasteiger partial charge on any atom is -0.310 e. The van der Waals surface area contributed by atoms with Gasteiger partial charge in [0.05, 0.1) is 0 Å². The Bertz CT molecular complexity index is 221. The average Bonchev–Trinajstić information content (AvgIpc) is 3.11. The van der Waals surface area contributed by atoms with Crippen molar-refractivity contribution >= 4 is 0 Å². The normalized spacial score (nSPS) is 38.2. The summed E-state index contributed by atoms with van der Waals surface area (Å²) in [4.78, 5) is 2.81. The van der Waals surface area contributed by atoms with Gasteiger partial charge in [-0.2, -0.15) is 0 Å². The molecule has 3 rings (SSSR count). The van der Waals surface area contributed by atoms with Crippen LogP contribution in [0.15, 0.2) is 0 Å². The summed E-state index contributed by atoms with van der Waals surface area (Å²) in [6.07, 6.45) is 9.95. The SMILES string of the molecule is CCC1C(NC2CC2)CCCN1C1CC1. The molecule has 1 saturated heterocycles. The van der Waals surface area contributed by atoms with Crippen LogP contribution in [0.1, 0.15) is 51.9 Å². The van der Waals surface area contributed by atoms with Crippen molar-refractivity contribution < 1.29 is 0 Å². The monoisotopic (exact) mass is 208 g/mol. The molecule has 2 nitrogen and oxygen atoms in total. The van der Waals surface area contributed by atoms with E-state index in [9.17, 15) is 0 Å². The maximum atomic E-state index is 3.86. The topological polar surface area (TPSA) is 15.3 Å². The van der Waals surface area contributed by atoms with Gasteiger partial charge in [-0.15, -0.1) is 0 Å². The molecule has 0 aromatic rings. The fourth-order valence-corrected chi connectivity index (χ4v) is 3.21. The van der Waals surface area contributed by atoms with Gasteiger partial charge < -0.3 is 5.32 Å². The number of piperidine rings is 1. The van der Waals surface area contributed by atoms with Crippen LogP contribution in [0.5, 0.6) is 0 Å². The van der Waals surface area contributed by atoms with E-state index in [1.165, 1.54) is 51.5 Å². The number of nitrogens with one attached hydrogen (secondary N) is 1. The third-order valence-corrected chi connectivity index (χ3v) is 4.28. The Balaban J connectivity index is 1.63. The highest BCUT2D eigenvalue weighted by Crippen LogP contribution is 2.34. The lowest BCUT2D eigenvalue weighted by atomic mass is 9.93. The number of hydrogen-bond acceptors (Lipinski definition) is 2. The predicted molar refractivity (Wildman–Crippen MR) is 63.0 cm³/mol. The van der Waals surface area contributed by atoms with E-state index in [4.69, 9.17) is 0 Å². The van der Waals surface area contributed by atoms with E-state index < -0.39 is 0 Å². The maximum absolute atomic E-state index is 3.86. The third kappa shape index (κ3) is 2.21. The Kier molecular flexibility index (Phi) is 2.73. The molecule has 0 amide bonds. The second-order valence-corrected chi connectivity index (χ2v) is 5.63. The Morgan fingerprint density at radius 1 is 1.13 bits per heavy atom. The molecule has 3 aliphatic rings. The fourth-order valence-electron chi connectivity index (χ4n) is 3.21. The molecule has 1 N–H and O–H groups in total. The van der Waals surface area contributed by atoms with Crippen LogP contribution < -0.4 is 5.32 Å². The van der Waals surface area contributed by atoms with Crippen LogP contribution in [0, 0.1) is 0 Å². The summed E-state index contributed by atoms with van der Waals surface area (Å²) in [5, 5.41) is 3.86. The van der Waals surface area contributed by atoms with Gasteiger partial charge >= 0.3 is 0 Å². The van der Waals surface area contributed by atoms with Crippen molar-refractivity contribution in [2.24, 2.45) is 0 Å². The van der Waals surface area contributed by atoms with Crippen LogP contribution in [0.25, 0.3) is 0 Å². The summed E-state index contributed by atoms with van der Waals surface area (Å²) in [6.45, 7) is 3.74. The number of rotatable bonds is 4. The lowest BCUT2D eigenvalue weighted by Gasteiger charge is -2.42. The first-order valence-electron chi connectivity index (χ1n) is 6.90. The van der Waals surface area contributed by atoms with Gasteiger partial charge in [-0.05, 0) is 51.5 Å². The maximum Gasteiger partial charge on any atom is 0.0249 e. The van der Waals surface area contributed by atoms with Gasteiger partial charge in [-0.3, -0.25) is 4.90 Å². The van der Waals surface area contributed by atoms with Crippen molar-refractivity contribution in [1.29, 1.82) is 0 Å². The molecule has 2 saturated carbocycles. The Morgan fingerprint density at radius 3 is 2.53 bits per heavy atom. The van der Waals surface area contributed by atoms with Gasteiger partial charge in [-0.25, -0.2) is 0 Å². The lowest BCUT2D eigenvalue weighted by molar-refractivity contribution is 0.0994. The Morgan fingerprint density at radius 2 is 1.93 bits per heavy atom. The number of hydrogen-bond donors (Lipinski definition) is 1. The van der Waals surface area contributed by atoms with Gasteiger partial charge in [0.1, 0.15) is 0 Å². The molecule has 1 aliphatic heterocycles. The van der Waals surface area contributed by atoms with Gasteiger partial charge in [0.25, 0.3) is 0 Å². The van der Waals surface area contributed by atoms with E-state index in [0.717, 1.165) is 24.2 Å². The van der Waals surface area contributed by atoms with Crippen molar-refractivity contribution in [2.75, 3.05) is 6.54 Å². The van der Waals surface area contributed by atoms with E-state index in [2.05, 4.69) is 17.1 Å². The van der Waals surface area contributed by atoms with Gasteiger partial charge in [-0.1, -0.05) is 6.92 Å². The summed E-state index contributed by atoms with van der Waals surface area (Å²) in [5.41, 5.74) is 0. The number of nitrogens with zero attached hydrogens (tertiary/aromatic N) is 1. The molecular weight excluding hydrogens is 184 g/mol. The van der Waals surface area contributed by atoms with E-state index in [-0.39, 0.29) is 0 Å². The quantitative estimate of drug-likeness (QED) is 0.761. The highest BCUT2D eigenvalue weighted by molar-refractivity contribution is 4.98. The van der Waals surface area contributed by atoms with Crippen molar-refractivity contribution in [2.45, 2.75) is 76.0 Å².